The highest BCUT2D eigenvalue weighted by Crippen LogP contribution is 2.27. The van der Waals surface area contributed by atoms with E-state index in [1.165, 1.54) is 12.3 Å². The minimum absolute atomic E-state index is 0.0578. The lowest BCUT2D eigenvalue weighted by Crippen LogP contribution is -2.43. The number of nitrogens with zero attached hydrogens (tertiary/aromatic N) is 4. The fourth-order valence-electron chi connectivity index (χ4n) is 4.53. The number of halogens is 3. The molecular formula is C27H31Cl3N4O4S. The van der Waals surface area contributed by atoms with Crippen molar-refractivity contribution in [1.29, 1.82) is 0 Å². The van der Waals surface area contributed by atoms with Crippen molar-refractivity contribution in [2.45, 2.75) is 37.3 Å². The molecule has 2 aromatic carbocycles. The van der Waals surface area contributed by atoms with E-state index in [2.05, 4.69) is 9.88 Å². The molecule has 2 heterocycles. The smallest absolute Gasteiger partial charge is 0.255 e. The standard InChI is InChI=1S/C27H31Cl3N4O4S/c1-19(2)34-22(16-31-27(34)39(36,37)18-20-5-3-4-6-24(20)29)17-33(10-9-32-11-13-38-14-12-32)26(35)23-8-7-21(28)15-25(23)30/h3-8,15-16,19H,9-14,17-18H2,1-2H3. The second-order valence-corrected chi connectivity index (χ2v) is 12.8. The Labute approximate surface area is 244 Å². The van der Waals surface area contributed by atoms with Crippen LogP contribution in [0.2, 0.25) is 15.1 Å². The molecule has 0 atom stereocenters. The average Bonchev–Trinajstić information content (AvgIpc) is 3.33. The molecule has 12 heteroatoms. The van der Waals surface area contributed by atoms with Crippen molar-refractivity contribution in [3.8, 4) is 0 Å². The maximum Gasteiger partial charge on any atom is 0.255 e. The third kappa shape index (κ3) is 7.34. The number of amides is 1. The molecule has 4 rings (SSSR count). The molecule has 39 heavy (non-hydrogen) atoms. The van der Waals surface area contributed by atoms with Crippen LogP contribution in [0.15, 0.2) is 53.8 Å². The van der Waals surface area contributed by atoms with E-state index in [0.29, 0.717) is 53.2 Å². The maximum absolute atomic E-state index is 13.7. The molecule has 1 amide bonds. The lowest BCUT2D eigenvalue weighted by molar-refractivity contribution is 0.0319. The summed E-state index contributed by atoms with van der Waals surface area (Å²) in [5.41, 5.74) is 1.42. The molecule has 1 aromatic heterocycles. The SMILES string of the molecule is CC(C)n1c(CN(CCN2CCOCC2)C(=O)c2ccc(Cl)cc2Cl)cnc1S(=O)(=O)Cc1ccccc1Cl. The number of sulfone groups is 1. The molecule has 1 aliphatic heterocycles. The summed E-state index contributed by atoms with van der Waals surface area (Å²) < 4.78 is 34.1. The molecule has 0 N–H and O–H groups in total. The molecule has 8 nitrogen and oxygen atoms in total. The molecule has 0 aliphatic carbocycles. The van der Waals surface area contributed by atoms with Crippen LogP contribution in [0, 0.1) is 0 Å². The number of aromatic nitrogens is 2. The summed E-state index contributed by atoms with van der Waals surface area (Å²) in [6.45, 7) is 7.79. The fraction of sp³-hybridized carbons (Fsp3) is 0.407. The molecule has 1 fully saturated rings. The number of ether oxygens (including phenoxy) is 1. The zero-order valence-electron chi connectivity index (χ0n) is 21.8. The van der Waals surface area contributed by atoms with Crippen LogP contribution in [0.5, 0.6) is 0 Å². The van der Waals surface area contributed by atoms with E-state index < -0.39 is 9.84 Å². The summed E-state index contributed by atoms with van der Waals surface area (Å²) in [5.74, 6) is -0.558. The van der Waals surface area contributed by atoms with Gasteiger partial charge < -0.3 is 14.2 Å². The van der Waals surface area contributed by atoms with Crippen molar-refractivity contribution < 1.29 is 17.9 Å². The van der Waals surface area contributed by atoms with Crippen LogP contribution in [0.4, 0.5) is 0 Å². The van der Waals surface area contributed by atoms with E-state index in [1.54, 1.807) is 45.9 Å². The summed E-state index contributed by atoms with van der Waals surface area (Å²) in [7, 11) is -3.83. The van der Waals surface area contributed by atoms with Crippen molar-refractivity contribution in [2.24, 2.45) is 0 Å². The second kappa shape index (κ2) is 13.0. The van der Waals surface area contributed by atoms with Gasteiger partial charge in [-0.2, -0.15) is 0 Å². The first-order chi connectivity index (χ1) is 18.6. The highest BCUT2D eigenvalue weighted by atomic mass is 35.5. The molecule has 1 aliphatic rings. The van der Waals surface area contributed by atoms with Gasteiger partial charge in [0.2, 0.25) is 15.0 Å². The van der Waals surface area contributed by atoms with Gasteiger partial charge in [0, 0.05) is 42.3 Å². The minimum Gasteiger partial charge on any atom is -0.379 e. The summed E-state index contributed by atoms with van der Waals surface area (Å²) in [6, 6.07) is 11.4. The topological polar surface area (TPSA) is 84.7 Å². The van der Waals surface area contributed by atoms with Crippen LogP contribution < -0.4 is 0 Å². The number of imidazole rings is 1. The van der Waals surface area contributed by atoms with E-state index in [9.17, 15) is 13.2 Å². The second-order valence-electron chi connectivity index (χ2n) is 9.65. The first kappa shape index (κ1) is 29.8. The van der Waals surface area contributed by atoms with Gasteiger partial charge in [0.25, 0.3) is 5.91 Å². The molecule has 3 aromatic rings. The zero-order chi connectivity index (χ0) is 28.2. The summed E-state index contributed by atoms with van der Waals surface area (Å²) in [4.78, 5) is 21.9. The van der Waals surface area contributed by atoms with Gasteiger partial charge in [-0.25, -0.2) is 13.4 Å². The highest BCUT2D eigenvalue weighted by molar-refractivity contribution is 7.90. The zero-order valence-corrected chi connectivity index (χ0v) is 24.9. The largest absolute Gasteiger partial charge is 0.379 e. The average molecular weight is 614 g/mol. The normalized spacial score (nSPS) is 14.6. The van der Waals surface area contributed by atoms with Crippen molar-refractivity contribution in [2.75, 3.05) is 39.4 Å². The molecule has 0 unspecified atom stereocenters. The summed E-state index contributed by atoms with van der Waals surface area (Å²) in [5, 5.41) is 1.01. The number of rotatable bonds is 10. The number of morpholine rings is 1. The predicted molar refractivity (Wildman–Crippen MR) is 153 cm³/mol. The number of hydrogen-bond acceptors (Lipinski definition) is 6. The monoisotopic (exact) mass is 612 g/mol. The van der Waals surface area contributed by atoms with Crippen LogP contribution in [-0.2, 0) is 26.9 Å². The lowest BCUT2D eigenvalue weighted by Gasteiger charge is -2.30. The Balaban J connectivity index is 1.65. The highest BCUT2D eigenvalue weighted by Gasteiger charge is 2.28. The van der Waals surface area contributed by atoms with Crippen molar-refractivity contribution in [1.82, 2.24) is 19.4 Å². The van der Waals surface area contributed by atoms with Crippen LogP contribution in [0.3, 0.4) is 0 Å². The Hall–Kier alpha value is -2.14. The van der Waals surface area contributed by atoms with Crippen LogP contribution >= 0.6 is 34.8 Å². The molecule has 210 valence electrons. The minimum atomic E-state index is -3.83. The Morgan fingerprint density at radius 2 is 1.79 bits per heavy atom. The molecule has 0 bridgehead atoms. The van der Waals surface area contributed by atoms with E-state index in [4.69, 9.17) is 39.5 Å². The van der Waals surface area contributed by atoms with Gasteiger partial charge in [-0.3, -0.25) is 9.69 Å². The quantitative estimate of drug-likeness (QED) is 0.306. The van der Waals surface area contributed by atoms with Gasteiger partial charge in [-0.15, -0.1) is 0 Å². The van der Waals surface area contributed by atoms with Crippen LogP contribution in [-0.4, -0.2) is 73.1 Å². The molecule has 0 radical (unpaired) electrons. The van der Waals surface area contributed by atoms with Crippen molar-refractivity contribution in [3.05, 3.63) is 80.6 Å². The molecule has 1 saturated heterocycles. The van der Waals surface area contributed by atoms with Crippen molar-refractivity contribution in [3.63, 3.8) is 0 Å². The van der Waals surface area contributed by atoms with E-state index in [0.717, 1.165) is 13.1 Å². The third-order valence-electron chi connectivity index (χ3n) is 6.53. The van der Waals surface area contributed by atoms with Gasteiger partial charge in [-0.05, 0) is 43.7 Å². The molecule has 0 saturated carbocycles. The first-order valence-corrected chi connectivity index (χ1v) is 15.4. The number of carbonyl (C=O) groups excluding carboxylic acids is 1. The third-order valence-corrected chi connectivity index (χ3v) is 8.99. The molecule has 0 spiro atoms. The van der Waals surface area contributed by atoms with Crippen LogP contribution in [0.25, 0.3) is 0 Å². The number of hydrogen-bond donors (Lipinski definition) is 0. The lowest BCUT2D eigenvalue weighted by atomic mass is 10.2. The van der Waals surface area contributed by atoms with E-state index in [-0.39, 0.29) is 34.4 Å². The number of benzene rings is 2. The summed E-state index contributed by atoms with van der Waals surface area (Å²) >= 11 is 18.7. The van der Waals surface area contributed by atoms with Gasteiger partial charge in [0.15, 0.2) is 0 Å². The van der Waals surface area contributed by atoms with E-state index >= 15 is 0 Å². The fourth-order valence-corrected chi connectivity index (χ4v) is 6.93. The Morgan fingerprint density at radius 3 is 2.46 bits per heavy atom. The van der Waals surface area contributed by atoms with Crippen molar-refractivity contribution >= 4 is 50.5 Å². The van der Waals surface area contributed by atoms with Crippen LogP contribution in [0.1, 0.15) is 41.5 Å². The van der Waals surface area contributed by atoms with E-state index in [1.807, 2.05) is 13.8 Å². The Morgan fingerprint density at radius 1 is 1.08 bits per heavy atom. The first-order valence-electron chi connectivity index (χ1n) is 12.6. The number of carbonyl (C=O) groups is 1. The maximum atomic E-state index is 13.7. The summed E-state index contributed by atoms with van der Waals surface area (Å²) in [6.07, 6.45) is 1.53. The predicted octanol–water partition coefficient (Wildman–Crippen LogP) is 5.37. The Kier molecular flexibility index (Phi) is 9.96. The van der Waals surface area contributed by atoms with Gasteiger partial charge in [0.05, 0.1) is 48.0 Å². The molecular weight excluding hydrogens is 583 g/mol. The Bertz CT molecular complexity index is 1420. The van der Waals surface area contributed by atoms with Gasteiger partial charge in [0.1, 0.15) is 0 Å². The van der Waals surface area contributed by atoms with Gasteiger partial charge in [-0.1, -0.05) is 53.0 Å². The van der Waals surface area contributed by atoms with Gasteiger partial charge >= 0.3 is 0 Å².